The van der Waals surface area contributed by atoms with Gasteiger partial charge in [0.25, 0.3) is 0 Å². The zero-order valence-electron chi connectivity index (χ0n) is 11.5. The van der Waals surface area contributed by atoms with Crippen LogP contribution in [-0.4, -0.2) is 38.6 Å². The molecule has 110 valence electrons. The summed E-state index contributed by atoms with van der Waals surface area (Å²) in [5, 5.41) is 5.48. The van der Waals surface area contributed by atoms with Crippen LogP contribution in [0.2, 0.25) is 0 Å². The average Bonchev–Trinajstić information content (AvgIpc) is 2.74. The Balaban J connectivity index is 2.31. The summed E-state index contributed by atoms with van der Waals surface area (Å²) in [5.41, 5.74) is 0. The molecule has 0 spiro atoms. The van der Waals surface area contributed by atoms with Gasteiger partial charge in [-0.25, -0.2) is 12.7 Å². The van der Waals surface area contributed by atoms with Crippen LogP contribution < -0.4 is 5.32 Å². The van der Waals surface area contributed by atoms with Gasteiger partial charge in [0.1, 0.15) is 0 Å². The van der Waals surface area contributed by atoms with Crippen molar-refractivity contribution in [2.24, 2.45) is 0 Å². The van der Waals surface area contributed by atoms with Crippen molar-refractivity contribution in [2.45, 2.75) is 26.3 Å². The van der Waals surface area contributed by atoms with Crippen molar-refractivity contribution in [1.82, 2.24) is 9.62 Å². The van der Waals surface area contributed by atoms with Gasteiger partial charge < -0.3 is 5.32 Å². The molecule has 7 heteroatoms. The molecule has 1 N–H and O–H groups in total. The van der Waals surface area contributed by atoms with Gasteiger partial charge in [0.15, 0.2) is 0 Å². The molecule has 1 heterocycles. The summed E-state index contributed by atoms with van der Waals surface area (Å²) in [6.07, 6.45) is 2.08. The van der Waals surface area contributed by atoms with Crippen molar-refractivity contribution in [3.05, 3.63) is 20.8 Å². The van der Waals surface area contributed by atoms with Crippen molar-refractivity contribution in [1.29, 1.82) is 0 Å². The van der Waals surface area contributed by atoms with Crippen molar-refractivity contribution in [3.8, 4) is 0 Å². The number of sulfonamides is 1. The molecule has 1 aromatic heterocycles. The topological polar surface area (TPSA) is 49.4 Å². The summed E-state index contributed by atoms with van der Waals surface area (Å²) in [7, 11) is -3.06. The summed E-state index contributed by atoms with van der Waals surface area (Å²) >= 11 is 5.16. The van der Waals surface area contributed by atoms with Crippen molar-refractivity contribution < 1.29 is 8.42 Å². The quantitative estimate of drug-likeness (QED) is 0.717. The Labute approximate surface area is 128 Å². The van der Waals surface area contributed by atoms with Gasteiger partial charge in [0.2, 0.25) is 10.0 Å². The number of nitrogens with one attached hydrogen (secondary N) is 1. The third-order valence-electron chi connectivity index (χ3n) is 2.87. The first kappa shape index (κ1) is 17.1. The Morgan fingerprint density at radius 2 is 2.21 bits per heavy atom. The summed E-state index contributed by atoms with van der Waals surface area (Å²) in [6, 6.07) is 2.40. The maximum Gasteiger partial charge on any atom is 0.211 e. The monoisotopic (exact) mass is 368 g/mol. The van der Waals surface area contributed by atoms with Crippen LogP contribution in [0.25, 0.3) is 0 Å². The molecular formula is C12H21BrN2O2S2. The zero-order chi connectivity index (χ0) is 14.5. The van der Waals surface area contributed by atoms with Crippen molar-refractivity contribution in [2.75, 3.05) is 25.9 Å². The highest BCUT2D eigenvalue weighted by molar-refractivity contribution is 9.10. The molecule has 0 aliphatic carbocycles. The Morgan fingerprint density at radius 1 is 1.53 bits per heavy atom. The Bertz CT molecular complexity index is 488. The van der Waals surface area contributed by atoms with Crippen molar-refractivity contribution >= 4 is 37.3 Å². The lowest BCUT2D eigenvalue weighted by molar-refractivity contribution is 0.414. The lowest BCUT2D eigenvalue weighted by Crippen LogP contribution is -2.32. The third kappa shape index (κ3) is 5.91. The van der Waals surface area contributed by atoms with E-state index >= 15 is 0 Å². The van der Waals surface area contributed by atoms with Crippen LogP contribution >= 0.6 is 27.3 Å². The number of thiophene rings is 1. The van der Waals surface area contributed by atoms with Crippen LogP contribution in [-0.2, 0) is 10.0 Å². The fourth-order valence-electron chi connectivity index (χ4n) is 1.79. The normalized spacial score (nSPS) is 13.9. The van der Waals surface area contributed by atoms with Crippen LogP contribution in [0.3, 0.4) is 0 Å². The number of rotatable bonds is 8. The minimum Gasteiger partial charge on any atom is -0.309 e. The fraction of sp³-hybridized carbons (Fsp3) is 0.667. The van der Waals surface area contributed by atoms with E-state index in [0.717, 1.165) is 17.4 Å². The van der Waals surface area contributed by atoms with Crippen molar-refractivity contribution in [3.63, 3.8) is 0 Å². The molecule has 0 radical (unpaired) electrons. The number of hydrogen-bond acceptors (Lipinski definition) is 4. The van der Waals surface area contributed by atoms with Crippen LogP contribution in [0, 0.1) is 0 Å². The molecule has 0 saturated carbocycles. The van der Waals surface area contributed by atoms with Gasteiger partial charge >= 0.3 is 0 Å². The average molecular weight is 369 g/mol. The Morgan fingerprint density at radius 3 is 2.68 bits per heavy atom. The van der Waals surface area contributed by atoms with Crippen LogP contribution in [0.4, 0.5) is 0 Å². The zero-order valence-corrected chi connectivity index (χ0v) is 14.7. The first-order valence-corrected chi connectivity index (χ1v) is 9.79. The summed E-state index contributed by atoms with van der Waals surface area (Å²) < 4.78 is 25.4. The molecule has 1 aromatic rings. The smallest absolute Gasteiger partial charge is 0.211 e. The van der Waals surface area contributed by atoms with Crippen LogP contribution in [0.5, 0.6) is 0 Å². The van der Waals surface area contributed by atoms with Gasteiger partial charge in [-0.1, -0.05) is 6.92 Å². The molecule has 1 unspecified atom stereocenters. The number of halogens is 1. The van der Waals surface area contributed by atoms with Crippen LogP contribution in [0.15, 0.2) is 15.9 Å². The molecule has 1 atom stereocenters. The predicted molar refractivity (Wildman–Crippen MR) is 85.1 cm³/mol. The van der Waals surface area contributed by atoms with E-state index in [1.54, 1.807) is 11.3 Å². The lowest BCUT2D eigenvalue weighted by atomic mass is 10.2. The Kier molecular flexibility index (Phi) is 6.96. The molecule has 1 rings (SSSR count). The van der Waals surface area contributed by atoms with E-state index in [1.165, 1.54) is 15.4 Å². The highest BCUT2D eigenvalue weighted by Crippen LogP contribution is 2.25. The Hall–Kier alpha value is 0.0500. The first-order valence-electron chi connectivity index (χ1n) is 6.27. The minimum atomic E-state index is -3.06. The molecule has 0 aliphatic rings. The second-order valence-electron chi connectivity index (χ2n) is 4.45. The van der Waals surface area contributed by atoms with E-state index in [9.17, 15) is 8.42 Å². The lowest BCUT2D eigenvalue weighted by Gasteiger charge is -2.18. The largest absolute Gasteiger partial charge is 0.309 e. The SMILES string of the molecule is CCN(CCCNC(C)c1cc(Br)cs1)S(C)(=O)=O. The maximum absolute atomic E-state index is 11.4. The van der Waals surface area contributed by atoms with Gasteiger partial charge in [0, 0.05) is 33.9 Å². The van der Waals surface area contributed by atoms with E-state index in [0.29, 0.717) is 19.1 Å². The molecule has 0 bridgehead atoms. The van der Waals surface area contributed by atoms with Gasteiger partial charge in [-0.2, -0.15) is 0 Å². The first-order chi connectivity index (χ1) is 8.84. The molecular weight excluding hydrogens is 348 g/mol. The van der Waals surface area contributed by atoms with Gasteiger partial charge in [-0.3, -0.25) is 0 Å². The molecule has 0 fully saturated rings. The number of nitrogens with zero attached hydrogens (tertiary/aromatic N) is 1. The second kappa shape index (κ2) is 7.73. The molecule has 4 nitrogen and oxygen atoms in total. The van der Waals surface area contributed by atoms with Gasteiger partial charge in [-0.05, 0) is 41.9 Å². The third-order valence-corrected chi connectivity index (χ3v) is 6.13. The van der Waals surface area contributed by atoms with E-state index < -0.39 is 10.0 Å². The van der Waals surface area contributed by atoms with E-state index in [1.807, 2.05) is 6.92 Å². The molecule has 0 amide bonds. The van der Waals surface area contributed by atoms with E-state index in [-0.39, 0.29) is 0 Å². The van der Waals surface area contributed by atoms with Crippen LogP contribution in [0.1, 0.15) is 31.2 Å². The molecule has 0 aromatic carbocycles. The maximum atomic E-state index is 11.4. The van der Waals surface area contributed by atoms with Gasteiger partial charge in [0.05, 0.1) is 6.26 Å². The molecule has 19 heavy (non-hydrogen) atoms. The predicted octanol–water partition coefficient (Wildman–Crippen LogP) is 2.83. The molecule has 0 aliphatic heterocycles. The standard InChI is InChI=1S/C12H21BrN2O2S2/c1-4-15(19(3,16)17)7-5-6-14-10(2)12-8-11(13)9-18-12/h8-10,14H,4-7H2,1-3H3. The summed E-state index contributed by atoms with van der Waals surface area (Å²) in [5.74, 6) is 0. The number of hydrogen-bond donors (Lipinski definition) is 1. The van der Waals surface area contributed by atoms with Gasteiger partial charge in [-0.15, -0.1) is 11.3 Å². The molecule has 0 saturated heterocycles. The summed E-state index contributed by atoms with van der Waals surface area (Å²) in [4.78, 5) is 1.28. The van der Waals surface area contributed by atoms with E-state index in [2.05, 4.69) is 39.6 Å². The highest BCUT2D eigenvalue weighted by Gasteiger charge is 2.13. The van der Waals surface area contributed by atoms with E-state index in [4.69, 9.17) is 0 Å². The minimum absolute atomic E-state index is 0.296. The highest BCUT2D eigenvalue weighted by atomic mass is 79.9. The fourth-order valence-corrected chi connectivity index (χ4v) is 4.20. The summed E-state index contributed by atoms with van der Waals surface area (Å²) in [6.45, 7) is 5.89. The second-order valence-corrected chi connectivity index (χ2v) is 8.29.